The zero-order valence-corrected chi connectivity index (χ0v) is 19.8. The molecule has 2 aliphatic rings. The van der Waals surface area contributed by atoms with Crippen LogP contribution in [-0.2, 0) is 14.3 Å². The Morgan fingerprint density at radius 3 is 2.43 bits per heavy atom. The first kappa shape index (κ1) is 24.7. The Morgan fingerprint density at radius 2 is 1.77 bits per heavy atom. The first-order chi connectivity index (χ1) is 16.9. The second kappa shape index (κ2) is 10.9. The fourth-order valence-corrected chi connectivity index (χ4v) is 4.54. The molecule has 0 aromatic heterocycles. The van der Waals surface area contributed by atoms with Gasteiger partial charge in [-0.25, -0.2) is 4.39 Å². The predicted octanol–water partition coefficient (Wildman–Crippen LogP) is 2.99. The molecule has 2 saturated heterocycles. The molecule has 0 spiro atoms. The number of nitrogens with zero attached hydrogens (tertiary/aromatic N) is 2. The number of carbonyl (C=O) groups excluding carboxylic acids is 2. The van der Waals surface area contributed by atoms with E-state index in [-0.39, 0.29) is 16.9 Å². The smallest absolute Gasteiger partial charge is 0.295 e. The standard InChI is InChI=1S/C26H29FN2O6/c1-33-19-8-9-21(34-2)20(16-19)23-22(24(30)17-4-6-18(27)7-5-17)25(31)26(32)29(23)11-3-10-28-12-14-35-15-13-28/h4-9,16,23,30H,3,10-15H2,1-2H3. The van der Waals surface area contributed by atoms with Crippen LogP contribution in [0.4, 0.5) is 4.39 Å². The van der Waals surface area contributed by atoms with Crippen molar-refractivity contribution < 1.29 is 33.3 Å². The van der Waals surface area contributed by atoms with Crippen molar-refractivity contribution in [1.82, 2.24) is 9.80 Å². The van der Waals surface area contributed by atoms with Crippen LogP contribution in [0.5, 0.6) is 11.5 Å². The van der Waals surface area contributed by atoms with E-state index in [9.17, 15) is 19.1 Å². The van der Waals surface area contributed by atoms with Crippen LogP contribution in [0.2, 0.25) is 0 Å². The van der Waals surface area contributed by atoms with Gasteiger partial charge in [0.05, 0.1) is 39.0 Å². The van der Waals surface area contributed by atoms with E-state index in [1.165, 1.54) is 43.4 Å². The number of amides is 1. The molecular formula is C26H29FN2O6. The number of benzene rings is 2. The van der Waals surface area contributed by atoms with Crippen LogP contribution in [0, 0.1) is 5.82 Å². The summed E-state index contributed by atoms with van der Waals surface area (Å²) < 4.78 is 29.8. The number of ketones is 1. The summed E-state index contributed by atoms with van der Waals surface area (Å²) in [5, 5.41) is 11.1. The van der Waals surface area contributed by atoms with Crippen LogP contribution in [0.1, 0.15) is 23.6 Å². The molecule has 1 unspecified atom stereocenters. The highest BCUT2D eigenvalue weighted by Gasteiger charge is 2.47. The van der Waals surface area contributed by atoms with Crippen molar-refractivity contribution in [2.24, 2.45) is 0 Å². The molecule has 9 heteroatoms. The third-order valence-electron chi connectivity index (χ3n) is 6.37. The van der Waals surface area contributed by atoms with Gasteiger partial charge in [-0.15, -0.1) is 0 Å². The van der Waals surface area contributed by atoms with E-state index in [0.717, 1.165) is 19.6 Å². The lowest BCUT2D eigenvalue weighted by atomic mass is 9.94. The molecule has 1 N–H and O–H groups in total. The van der Waals surface area contributed by atoms with Gasteiger partial charge in [-0.1, -0.05) is 0 Å². The molecule has 0 bridgehead atoms. The fourth-order valence-electron chi connectivity index (χ4n) is 4.54. The van der Waals surface area contributed by atoms with Gasteiger partial charge < -0.3 is 24.2 Å². The lowest BCUT2D eigenvalue weighted by Crippen LogP contribution is -2.39. The molecule has 0 aliphatic carbocycles. The summed E-state index contributed by atoms with van der Waals surface area (Å²) in [5.74, 6) is -1.38. The van der Waals surface area contributed by atoms with Gasteiger partial charge in [-0.2, -0.15) is 0 Å². The summed E-state index contributed by atoms with van der Waals surface area (Å²) in [5.41, 5.74) is 0.685. The Morgan fingerprint density at radius 1 is 1.06 bits per heavy atom. The van der Waals surface area contributed by atoms with Gasteiger partial charge in [0, 0.05) is 37.3 Å². The molecule has 2 heterocycles. The summed E-state index contributed by atoms with van der Waals surface area (Å²) in [6.45, 7) is 4.01. The van der Waals surface area contributed by atoms with Crippen molar-refractivity contribution in [2.45, 2.75) is 12.5 Å². The van der Waals surface area contributed by atoms with E-state index in [1.807, 2.05) is 0 Å². The van der Waals surface area contributed by atoms with Crippen LogP contribution in [0.15, 0.2) is 48.0 Å². The number of Topliss-reactive ketones (excluding diaryl/α,β-unsaturated/α-hetero) is 1. The van der Waals surface area contributed by atoms with Crippen LogP contribution >= 0.6 is 0 Å². The van der Waals surface area contributed by atoms with Crippen molar-refractivity contribution in [3.8, 4) is 11.5 Å². The molecule has 2 aliphatic heterocycles. The van der Waals surface area contributed by atoms with Crippen LogP contribution in [-0.4, -0.2) is 80.2 Å². The topological polar surface area (TPSA) is 88.5 Å². The number of hydrogen-bond acceptors (Lipinski definition) is 7. The number of aliphatic hydroxyl groups excluding tert-OH is 1. The second-order valence-electron chi connectivity index (χ2n) is 8.41. The van der Waals surface area contributed by atoms with E-state index in [0.29, 0.717) is 43.2 Å². The normalized spacial score (nSPS) is 20.3. The van der Waals surface area contributed by atoms with Crippen LogP contribution < -0.4 is 9.47 Å². The highest BCUT2D eigenvalue weighted by molar-refractivity contribution is 6.46. The molecule has 4 rings (SSSR count). The van der Waals surface area contributed by atoms with Crippen molar-refractivity contribution in [3.05, 3.63) is 65.0 Å². The Hall–Kier alpha value is -3.43. The third kappa shape index (κ3) is 5.16. The molecular weight excluding hydrogens is 455 g/mol. The van der Waals surface area contributed by atoms with Crippen LogP contribution in [0.25, 0.3) is 5.76 Å². The van der Waals surface area contributed by atoms with Gasteiger partial charge in [-0.05, 0) is 48.9 Å². The van der Waals surface area contributed by atoms with Gasteiger partial charge in [0.25, 0.3) is 11.7 Å². The minimum absolute atomic E-state index is 0.0699. The maximum absolute atomic E-state index is 13.5. The largest absolute Gasteiger partial charge is 0.507 e. The quantitative estimate of drug-likeness (QED) is 0.350. The third-order valence-corrected chi connectivity index (χ3v) is 6.37. The van der Waals surface area contributed by atoms with Crippen LogP contribution in [0.3, 0.4) is 0 Å². The fraction of sp³-hybridized carbons (Fsp3) is 0.385. The van der Waals surface area contributed by atoms with E-state index < -0.39 is 23.5 Å². The number of rotatable bonds is 8. The zero-order valence-electron chi connectivity index (χ0n) is 19.8. The minimum atomic E-state index is -0.894. The molecule has 2 fully saturated rings. The van der Waals surface area contributed by atoms with Crippen molar-refractivity contribution in [3.63, 3.8) is 0 Å². The summed E-state index contributed by atoms with van der Waals surface area (Å²) in [7, 11) is 3.01. The van der Waals surface area contributed by atoms with Gasteiger partial charge >= 0.3 is 0 Å². The zero-order chi connectivity index (χ0) is 24.9. The van der Waals surface area contributed by atoms with E-state index in [4.69, 9.17) is 14.2 Å². The first-order valence-electron chi connectivity index (χ1n) is 11.5. The Bertz CT molecular complexity index is 1110. The van der Waals surface area contributed by atoms with Gasteiger partial charge in [0.1, 0.15) is 23.1 Å². The van der Waals surface area contributed by atoms with Gasteiger partial charge in [-0.3, -0.25) is 14.5 Å². The summed E-state index contributed by atoms with van der Waals surface area (Å²) in [4.78, 5) is 30.1. The van der Waals surface area contributed by atoms with Gasteiger partial charge in [0.15, 0.2) is 0 Å². The molecule has 1 atom stereocenters. The number of halogens is 1. The molecule has 2 aromatic carbocycles. The number of morpholine rings is 1. The second-order valence-corrected chi connectivity index (χ2v) is 8.41. The number of carbonyl (C=O) groups is 2. The number of ether oxygens (including phenoxy) is 3. The van der Waals surface area contributed by atoms with E-state index in [1.54, 1.807) is 18.2 Å². The number of likely N-dealkylation sites (tertiary alicyclic amines) is 1. The number of hydrogen-bond donors (Lipinski definition) is 1. The summed E-state index contributed by atoms with van der Waals surface area (Å²) >= 11 is 0. The Kier molecular flexibility index (Phi) is 7.67. The predicted molar refractivity (Wildman–Crippen MR) is 127 cm³/mol. The monoisotopic (exact) mass is 484 g/mol. The SMILES string of the molecule is COc1ccc(OC)c(C2C(=C(O)c3ccc(F)cc3)C(=O)C(=O)N2CCCN2CCOCC2)c1. The van der Waals surface area contributed by atoms with Crippen molar-refractivity contribution in [2.75, 3.05) is 53.6 Å². The maximum atomic E-state index is 13.5. The molecule has 35 heavy (non-hydrogen) atoms. The number of methoxy groups -OCH3 is 2. The summed E-state index contributed by atoms with van der Waals surface area (Å²) in [6, 6.07) is 9.33. The van der Waals surface area contributed by atoms with E-state index >= 15 is 0 Å². The highest BCUT2D eigenvalue weighted by Crippen LogP contribution is 2.43. The Labute approximate surface area is 203 Å². The molecule has 1 amide bonds. The molecule has 186 valence electrons. The molecule has 8 nitrogen and oxygen atoms in total. The lowest BCUT2D eigenvalue weighted by Gasteiger charge is -2.29. The number of aliphatic hydroxyl groups is 1. The Balaban J connectivity index is 1.75. The first-order valence-corrected chi connectivity index (χ1v) is 11.5. The molecule has 2 aromatic rings. The highest BCUT2D eigenvalue weighted by atomic mass is 19.1. The van der Waals surface area contributed by atoms with Crippen molar-refractivity contribution >= 4 is 17.4 Å². The maximum Gasteiger partial charge on any atom is 0.295 e. The minimum Gasteiger partial charge on any atom is -0.507 e. The average molecular weight is 485 g/mol. The summed E-state index contributed by atoms with van der Waals surface area (Å²) in [6.07, 6.45) is 0.631. The van der Waals surface area contributed by atoms with Gasteiger partial charge in [0.2, 0.25) is 0 Å². The molecule has 0 radical (unpaired) electrons. The molecule has 0 saturated carbocycles. The van der Waals surface area contributed by atoms with E-state index in [2.05, 4.69) is 4.90 Å². The van der Waals surface area contributed by atoms with Crippen molar-refractivity contribution in [1.29, 1.82) is 0 Å². The lowest BCUT2D eigenvalue weighted by molar-refractivity contribution is -0.140. The average Bonchev–Trinajstić information content (AvgIpc) is 3.14.